The van der Waals surface area contributed by atoms with E-state index in [9.17, 15) is 4.39 Å². The number of benzene rings is 1. The maximum Gasteiger partial charge on any atom is 0.151 e. The van der Waals surface area contributed by atoms with Gasteiger partial charge in [0.05, 0.1) is 14.5 Å². The number of rotatable bonds is 2. The van der Waals surface area contributed by atoms with E-state index in [0.717, 1.165) is 5.56 Å². The van der Waals surface area contributed by atoms with Gasteiger partial charge in [0.2, 0.25) is 0 Å². The quantitative estimate of drug-likeness (QED) is 0.794. The molecule has 0 atom stereocenters. The molecule has 2 aromatic rings. The number of aromatic nitrogens is 1. The van der Waals surface area contributed by atoms with Crippen molar-refractivity contribution in [3.05, 3.63) is 44.1 Å². The molecule has 1 aromatic carbocycles. The summed E-state index contributed by atoms with van der Waals surface area (Å²) in [6, 6.07) is 4.49. The molecule has 0 fully saturated rings. The summed E-state index contributed by atoms with van der Waals surface area (Å²) >= 11 is 14.9. The Hall–Kier alpha value is -1.04. The molecule has 1 heterocycles. The number of aryl methyl sites for hydroxylation is 1. The summed E-state index contributed by atoms with van der Waals surface area (Å²) in [5, 5.41) is 3.51. The third-order valence-corrected chi connectivity index (χ3v) is 3.68. The highest BCUT2D eigenvalue weighted by atomic mass is 79.9. The molecule has 0 bridgehead atoms. The van der Waals surface area contributed by atoms with Crippen LogP contribution in [-0.4, -0.2) is 4.98 Å². The molecule has 0 saturated heterocycles. The highest BCUT2D eigenvalue weighted by Gasteiger charge is 2.10. The summed E-state index contributed by atoms with van der Waals surface area (Å²) in [6.45, 7) is 1.83. The molecule has 3 N–H and O–H groups in total. The van der Waals surface area contributed by atoms with E-state index in [-0.39, 0.29) is 16.7 Å². The van der Waals surface area contributed by atoms with Crippen LogP contribution in [0.5, 0.6) is 0 Å². The van der Waals surface area contributed by atoms with Crippen LogP contribution >= 0.6 is 39.1 Å². The number of nitrogens with one attached hydrogen (secondary N) is 1. The predicted octanol–water partition coefficient (Wildman–Crippen LogP) is 4.92. The van der Waals surface area contributed by atoms with E-state index >= 15 is 0 Å². The SMILES string of the molecule is Cc1cc(Br)c(F)cc1Nc1nc(N)c(Cl)cc1Cl. The number of pyridine rings is 1. The minimum Gasteiger partial charge on any atom is -0.382 e. The zero-order valence-electron chi connectivity index (χ0n) is 9.77. The summed E-state index contributed by atoms with van der Waals surface area (Å²) in [7, 11) is 0. The Bertz CT molecular complexity index is 594. The summed E-state index contributed by atoms with van der Waals surface area (Å²) < 4.78 is 13.9. The Labute approximate surface area is 128 Å². The van der Waals surface area contributed by atoms with Crippen LogP contribution < -0.4 is 11.1 Å². The molecule has 0 amide bonds. The second-order valence-electron chi connectivity index (χ2n) is 3.89. The smallest absolute Gasteiger partial charge is 0.151 e. The van der Waals surface area contributed by atoms with Crippen molar-refractivity contribution in [2.45, 2.75) is 6.92 Å². The summed E-state index contributed by atoms with van der Waals surface area (Å²) in [5.74, 6) is 0.100. The molecule has 7 heteroatoms. The predicted molar refractivity (Wildman–Crippen MR) is 80.8 cm³/mol. The standard InChI is InChI=1S/C12H9BrCl2FN3/c1-5-2-6(13)9(16)4-10(5)18-12-8(15)3-7(14)11(17)19-12/h2-4H,1H3,(H3,17,18,19). The van der Waals surface area contributed by atoms with Gasteiger partial charge in [0.25, 0.3) is 0 Å². The Balaban J connectivity index is 2.42. The van der Waals surface area contributed by atoms with Gasteiger partial charge in [-0.1, -0.05) is 23.2 Å². The van der Waals surface area contributed by atoms with Gasteiger partial charge in [0, 0.05) is 5.69 Å². The van der Waals surface area contributed by atoms with Crippen molar-refractivity contribution < 1.29 is 4.39 Å². The van der Waals surface area contributed by atoms with E-state index < -0.39 is 0 Å². The Morgan fingerprint density at radius 3 is 2.63 bits per heavy atom. The third-order valence-electron chi connectivity index (χ3n) is 2.48. The lowest BCUT2D eigenvalue weighted by Gasteiger charge is -2.12. The van der Waals surface area contributed by atoms with Gasteiger partial charge in [-0.25, -0.2) is 9.37 Å². The van der Waals surface area contributed by atoms with Crippen LogP contribution in [-0.2, 0) is 0 Å². The van der Waals surface area contributed by atoms with E-state index in [0.29, 0.717) is 21.0 Å². The normalized spacial score (nSPS) is 10.6. The maximum absolute atomic E-state index is 13.5. The molecule has 0 aliphatic carbocycles. The number of hydrogen-bond acceptors (Lipinski definition) is 3. The minimum atomic E-state index is -0.383. The number of nitrogen functional groups attached to an aromatic ring is 1. The molecular weight excluding hydrogens is 356 g/mol. The maximum atomic E-state index is 13.5. The number of hydrogen-bond donors (Lipinski definition) is 2. The van der Waals surface area contributed by atoms with Crippen LogP contribution in [0.25, 0.3) is 0 Å². The second kappa shape index (κ2) is 5.53. The molecule has 2 rings (SSSR count). The molecule has 0 unspecified atom stereocenters. The first-order valence-electron chi connectivity index (χ1n) is 5.22. The summed E-state index contributed by atoms with van der Waals surface area (Å²) in [5.41, 5.74) is 7.00. The van der Waals surface area contributed by atoms with Crippen molar-refractivity contribution in [1.29, 1.82) is 0 Å². The number of nitrogens with zero attached hydrogens (tertiary/aromatic N) is 1. The van der Waals surface area contributed by atoms with Crippen molar-refractivity contribution in [3.63, 3.8) is 0 Å². The topological polar surface area (TPSA) is 50.9 Å². The fourth-order valence-corrected chi connectivity index (χ4v) is 2.34. The fourth-order valence-electron chi connectivity index (χ4n) is 1.48. The number of halogens is 4. The van der Waals surface area contributed by atoms with Crippen LogP contribution in [0.2, 0.25) is 10.0 Å². The van der Waals surface area contributed by atoms with Crippen LogP contribution in [0, 0.1) is 12.7 Å². The lowest BCUT2D eigenvalue weighted by Crippen LogP contribution is -2.01. The molecule has 100 valence electrons. The highest BCUT2D eigenvalue weighted by molar-refractivity contribution is 9.10. The summed E-state index contributed by atoms with van der Waals surface area (Å²) in [6.07, 6.45) is 0. The average Bonchev–Trinajstić information content (AvgIpc) is 2.32. The van der Waals surface area contributed by atoms with Crippen molar-refractivity contribution in [3.8, 4) is 0 Å². The molecule has 0 aliphatic heterocycles. The van der Waals surface area contributed by atoms with Gasteiger partial charge >= 0.3 is 0 Å². The highest BCUT2D eigenvalue weighted by Crippen LogP contribution is 2.32. The van der Waals surface area contributed by atoms with Crippen LogP contribution in [0.15, 0.2) is 22.7 Å². The first kappa shape index (κ1) is 14.4. The monoisotopic (exact) mass is 363 g/mol. The van der Waals surface area contributed by atoms with Crippen LogP contribution in [0.4, 0.5) is 21.7 Å². The Kier molecular flexibility index (Phi) is 4.18. The van der Waals surface area contributed by atoms with Gasteiger partial charge in [0.1, 0.15) is 11.6 Å². The molecule has 0 spiro atoms. The van der Waals surface area contributed by atoms with E-state index in [1.807, 2.05) is 6.92 Å². The largest absolute Gasteiger partial charge is 0.382 e. The van der Waals surface area contributed by atoms with Gasteiger partial charge < -0.3 is 11.1 Å². The molecular formula is C12H9BrCl2FN3. The van der Waals surface area contributed by atoms with Gasteiger partial charge in [-0.2, -0.15) is 0 Å². The van der Waals surface area contributed by atoms with Crippen molar-refractivity contribution >= 4 is 56.5 Å². The van der Waals surface area contributed by atoms with Crippen molar-refractivity contribution in [1.82, 2.24) is 4.98 Å². The van der Waals surface area contributed by atoms with E-state index in [1.54, 1.807) is 6.07 Å². The van der Waals surface area contributed by atoms with Gasteiger partial charge in [-0.05, 0) is 46.6 Å². The first-order valence-corrected chi connectivity index (χ1v) is 6.77. The van der Waals surface area contributed by atoms with E-state index in [1.165, 1.54) is 12.1 Å². The molecule has 1 aromatic heterocycles. The lowest BCUT2D eigenvalue weighted by atomic mass is 10.2. The third kappa shape index (κ3) is 3.11. The second-order valence-corrected chi connectivity index (χ2v) is 5.56. The van der Waals surface area contributed by atoms with Crippen molar-refractivity contribution in [2.24, 2.45) is 0 Å². The average molecular weight is 365 g/mol. The lowest BCUT2D eigenvalue weighted by molar-refractivity contribution is 0.621. The molecule has 3 nitrogen and oxygen atoms in total. The van der Waals surface area contributed by atoms with Crippen molar-refractivity contribution in [2.75, 3.05) is 11.1 Å². The zero-order valence-corrected chi connectivity index (χ0v) is 12.9. The molecule has 0 radical (unpaired) electrons. The van der Waals surface area contributed by atoms with Crippen LogP contribution in [0.3, 0.4) is 0 Å². The van der Waals surface area contributed by atoms with E-state index in [4.69, 9.17) is 28.9 Å². The van der Waals surface area contributed by atoms with Gasteiger partial charge in [-0.15, -0.1) is 0 Å². The number of nitrogens with two attached hydrogens (primary N) is 1. The van der Waals surface area contributed by atoms with E-state index in [2.05, 4.69) is 26.2 Å². The molecule has 19 heavy (non-hydrogen) atoms. The first-order chi connectivity index (χ1) is 8.88. The molecule has 0 aliphatic rings. The van der Waals surface area contributed by atoms with Gasteiger partial charge in [-0.3, -0.25) is 0 Å². The summed E-state index contributed by atoms with van der Waals surface area (Å²) in [4.78, 5) is 4.03. The Morgan fingerprint density at radius 2 is 1.95 bits per heavy atom. The minimum absolute atomic E-state index is 0.156. The molecule has 0 saturated carbocycles. The van der Waals surface area contributed by atoms with Gasteiger partial charge in [0.15, 0.2) is 5.82 Å². The zero-order chi connectivity index (χ0) is 14.2. The number of anilines is 3. The van der Waals surface area contributed by atoms with Crippen LogP contribution in [0.1, 0.15) is 5.56 Å². The fraction of sp³-hybridized carbons (Fsp3) is 0.0833. The Morgan fingerprint density at radius 1 is 1.26 bits per heavy atom.